The van der Waals surface area contributed by atoms with Crippen LogP contribution in [0.15, 0.2) is 23.1 Å². The summed E-state index contributed by atoms with van der Waals surface area (Å²) in [5.74, 6) is 0. The molecule has 2 fully saturated rings. The number of urea groups is 1. The molecule has 2 aliphatic heterocycles. The number of amides is 2. The smallest absolute Gasteiger partial charge is 0.320 e. The third kappa shape index (κ3) is 3.35. The zero-order valence-electron chi connectivity index (χ0n) is 13.1. The van der Waals surface area contributed by atoms with Crippen molar-refractivity contribution in [1.82, 2.24) is 14.1 Å². The van der Waals surface area contributed by atoms with Crippen LogP contribution in [0.25, 0.3) is 0 Å². The first kappa shape index (κ1) is 17.8. The Labute approximate surface area is 152 Å². The highest BCUT2D eigenvalue weighted by Crippen LogP contribution is 2.31. The van der Waals surface area contributed by atoms with Crippen LogP contribution in [0, 0.1) is 0 Å². The van der Waals surface area contributed by atoms with E-state index in [1.807, 2.05) is 4.90 Å². The molecule has 1 aromatic rings. The van der Waals surface area contributed by atoms with Gasteiger partial charge in [-0.1, -0.05) is 29.3 Å². The summed E-state index contributed by atoms with van der Waals surface area (Å²) in [5, 5.41) is 0.246. The van der Waals surface area contributed by atoms with E-state index in [0.717, 1.165) is 25.9 Å². The monoisotopic (exact) mass is 391 g/mol. The lowest BCUT2D eigenvalue weighted by molar-refractivity contribution is 0.142. The van der Waals surface area contributed by atoms with Crippen LogP contribution >= 0.6 is 23.2 Å². The van der Waals surface area contributed by atoms with E-state index in [9.17, 15) is 13.2 Å². The van der Waals surface area contributed by atoms with Crippen LogP contribution in [-0.4, -0.2) is 67.8 Å². The van der Waals surface area contributed by atoms with E-state index >= 15 is 0 Å². The minimum absolute atomic E-state index is 0.00494. The number of benzene rings is 1. The Morgan fingerprint density at radius 3 is 2.12 bits per heavy atom. The van der Waals surface area contributed by atoms with Gasteiger partial charge in [0.05, 0.1) is 10.0 Å². The molecule has 0 radical (unpaired) electrons. The van der Waals surface area contributed by atoms with Crippen molar-refractivity contribution >= 4 is 39.3 Å². The van der Waals surface area contributed by atoms with Gasteiger partial charge in [0.15, 0.2) is 0 Å². The van der Waals surface area contributed by atoms with Gasteiger partial charge in [-0.25, -0.2) is 13.2 Å². The molecule has 0 unspecified atom stereocenters. The molecule has 2 saturated heterocycles. The maximum Gasteiger partial charge on any atom is 0.320 e. The van der Waals surface area contributed by atoms with Crippen molar-refractivity contribution < 1.29 is 13.2 Å². The Morgan fingerprint density at radius 2 is 1.50 bits per heavy atom. The van der Waals surface area contributed by atoms with Crippen molar-refractivity contribution in [3.63, 3.8) is 0 Å². The summed E-state index contributed by atoms with van der Waals surface area (Å²) in [7, 11) is -3.72. The largest absolute Gasteiger partial charge is 0.325 e. The van der Waals surface area contributed by atoms with Crippen molar-refractivity contribution in [1.29, 1.82) is 0 Å². The molecule has 0 aliphatic carbocycles. The lowest BCUT2D eigenvalue weighted by Crippen LogP contribution is -2.53. The van der Waals surface area contributed by atoms with E-state index in [-0.39, 0.29) is 34.1 Å². The molecule has 0 aromatic heterocycles. The molecule has 132 valence electrons. The van der Waals surface area contributed by atoms with E-state index in [4.69, 9.17) is 23.2 Å². The summed E-state index contributed by atoms with van der Waals surface area (Å²) >= 11 is 12.0. The fourth-order valence-electron chi connectivity index (χ4n) is 3.05. The lowest BCUT2D eigenvalue weighted by Gasteiger charge is -2.36. The highest BCUT2D eigenvalue weighted by atomic mass is 35.5. The predicted octanol–water partition coefficient (Wildman–Crippen LogP) is 2.52. The Morgan fingerprint density at radius 1 is 0.917 bits per heavy atom. The van der Waals surface area contributed by atoms with Gasteiger partial charge in [-0.3, -0.25) is 0 Å². The van der Waals surface area contributed by atoms with E-state index in [0.29, 0.717) is 13.1 Å². The van der Waals surface area contributed by atoms with Crippen LogP contribution in [0.1, 0.15) is 12.8 Å². The Bertz CT molecular complexity index is 727. The third-order valence-electron chi connectivity index (χ3n) is 4.42. The number of halogens is 2. The molecule has 2 aliphatic rings. The van der Waals surface area contributed by atoms with Crippen LogP contribution in [0.5, 0.6) is 0 Å². The van der Waals surface area contributed by atoms with Gasteiger partial charge in [0, 0.05) is 39.3 Å². The van der Waals surface area contributed by atoms with Crippen molar-refractivity contribution in [2.75, 3.05) is 39.3 Å². The summed E-state index contributed by atoms with van der Waals surface area (Å²) in [6.07, 6.45) is 2.07. The molecular weight excluding hydrogens is 373 g/mol. The Kier molecular flexibility index (Phi) is 5.24. The first-order chi connectivity index (χ1) is 11.4. The highest BCUT2D eigenvalue weighted by Gasteiger charge is 2.33. The van der Waals surface area contributed by atoms with Gasteiger partial charge in [-0.05, 0) is 25.0 Å². The van der Waals surface area contributed by atoms with E-state index in [1.54, 1.807) is 17.0 Å². The third-order valence-corrected chi connectivity index (χ3v) is 7.29. The van der Waals surface area contributed by atoms with Crippen molar-refractivity contribution in [3.05, 3.63) is 28.2 Å². The number of carbonyl (C=O) groups is 1. The van der Waals surface area contributed by atoms with Gasteiger partial charge >= 0.3 is 6.03 Å². The fraction of sp³-hybridized carbons (Fsp3) is 0.533. The van der Waals surface area contributed by atoms with Crippen molar-refractivity contribution in [2.45, 2.75) is 17.7 Å². The molecule has 2 amide bonds. The molecule has 6 nitrogen and oxygen atoms in total. The molecule has 0 atom stereocenters. The number of likely N-dealkylation sites (tertiary alicyclic amines) is 1. The first-order valence-electron chi connectivity index (χ1n) is 7.89. The molecule has 1 aromatic carbocycles. The minimum Gasteiger partial charge on any atom is -0.325 e. The van der Waals surface area contributed by atoms with Gasteiger partial charge in [0.25, 0.3) is 0 Å². The summed E-state index contributed by atoms with van der Waals surface area (Å²) < 4.78 is 26.9. The zero-order chi connectivity index (χ0) is 17.3. The van der Waals surface area contributed by atoms with Crippen molar-refractivity contribution in [2.24, 2.45) is 0 Å². The van der Waals surface area contributed by atoms with Crippen molar-refractivity contribution in [3.8, 4) is 0 Å². The number of hydrogen-bond acceptors (Lipinski definition) is 3. The van der Waals surface area contributed by atoms with E-state index in [2.05, 4.69) is 0 Å². The quantitative estimate of drug-likeness (QED) is 0.777. The number of hydrogen-bond donors (Lipinski definition) is 0. The van der Waals surface area contributed by atoms with E-state index in [1.165, 1.54) is 10.4 Å². The van der Waals surface area contributed by atoms with Crippen LogP contribution < -0.4 is 0 Å². The number of nitrogens with zero attached hydrogens (tertiary/aromatic N) is 3. The SMILES string of the molecule is O=C(N1CCCC1)N1CCN(S(=O)(=O)c2cccc(Cl)c2Cl)CC1. The van der Waals surface area contributed by atoms with E-state index < -0.39 is 10.0 Å². The van der Waals surface area contributed by atoms with Gasteiger partial charge in [-0.15, -0.1) is 0 Å². The predicted molar refractivity (Wildman–Crippen MR) is 93.0 cm³/mol. The molecule has 0 N–H and O–H groups in total. The standard InChI is InChI=1S/C15H19Cl2N3O3S/c16-12-4-3-5-13(14(12)17)24(22,23)20-10-8-19(9-11-20)15(21)18-6-1-2-7-18/h3-5H,1-2,6-11H2. The highest BCUT2D eigenvalue weighted by molar-refractivity contribution is 7.89. The second-order valence-electron chi connectivity index (χ2n) is 5.92. The second-order valence-corrected chi connectivity index (χ2v) is 8.61. The minimum atomic E-state index is -3.72. The maximum atomic E-state index is 12.8. The van der Waals surface area contributed by atoms with Gasteiger partial charge in [0.1, 0.15) is 4.90 Å². The Balaban J connectivity index is 1.69. The zero-order valence-corrected chi connectivity index (χ0v) is 15.4. The second kappa shape index (κ2) is 7.07. The van der Waals surface area contributed by atoms with Crippen LogP contribution in [0.3, 0.4) is 0 Å². The van der Waals surface area contributed by atoms with Gasteiger partial charge in [0.2, 0.25) is 10.0 Å². The maximum absolute atomic E-state index is 12.8. The number of sulfonamides is 1. The molecule has 24 heavy (non-hydrogen) atoms. The first-order valence-corrected chi connectivity index (χ1v) is 10.1. The lowest BCUT2D eigenvalue weighted by atomic mass is 10.4. The van der Waals surface area contributed by atoms with Gasteiger partial charge < -0.3 is 9.80 Å². The Hall–Kier alpha value is -1.02. The molecule has 0 saturated carbocycles. The normalized spacial score (nSPS) is 19.8. The summed E-state index contributed by atoms with van der Waals surface area (Å²) in [6, 6.07) is 4.57. The topological polar surface area (TPSA) is 60.9 Å². The summed E-state index contributed by atoms with van der Waals surface area (Å²) in [6.45, 7) is 2.85. The summed E-state index contributed by atoms with van der Waals surface area (Å²) in [4.78, 5) is 15.9. The molecule has 0 bridgehead atoms. The average molecular weight is 392 g/mol. The van der Waals surface area contributed by atoms with Crippen LogP contribution in [0.2, 0.25) is 10.0 Å². The molecule has 2 heterocycles. The molecule has 0 spiro atoms. The fourth-order valence-corrected chi connectivity index (χ4v) is 5.21. The van der Waals surface area contributed by atoms with Crippen LogP contribution in [0.4, 0.5) is 4.79 Å². The molecule has 9 heteroatoms. The number of carbonyl (C=O) groups excluding carboxylic acids is 1. The molecule has 3 rings (SSSR count). The van der Waals surface area contributed by atoms with Gasteiger partial charge in [-0.2, -0.15) is 4.31 Å². The number of rotatable bonds is 2. The summed E-state index contributed by atoms with van der Waals surface area (Å²) in [5.41, 5.74) is 0. The molecular formula is C15H19Cl2N3O3S. The van der Waals surface area contributed by atoms with Crippen LogP contribution in [-0.2, 0) is 10.0 Å². The average Bonchev–Trinajstić information content (AvgIpc) is 3.11. The number of piperazine rings is 1.